The summed E-state index contributed by atoms with van der Waals surface area (Å²) in [6.45, 7) is 2.79. The highest BCUT2D eigenvalue weighted by atomic mass is 32.1. The lowest BCUT2D eigenvalue weighted by Crippen LogP contribution is -2.31. The van der Waals surface area contributed by atoms with Crippen molar-refractivity contribution in [3.05, 3.63) is 5.56 Å². The fraction of sp³-hybridized carbons (Fsp3) is 0.600. The second kappa shape index (κ2) is 5.83. The molecular weight excluding hydrogens is 240 g/mol. The summed E-state index contributed by atoms with van der Waals surface area (Å²) in [5.41, 5.74) is 5.95. The molecule has 1 aromatic rings. The van der Waals surface area contributed by atoms with Gasteiger partial charge in [0.15, 0.2) is 5.82 Å². The van der Waals surface area contributed by atoms with Crippen LogP contribution in [0.15, 0.2) is 0 Å². The van der Waals surface area contributed by atoms with Gasteiger partial charge in [-0.2, -0.15) is 4.37 Å². The Morgan fingerprint density at radius 2 is 2.29 bits per heavy atom. The van der Waals surface area contributed by atoms with Crippen molar-refractivity contribution in [2.24, 2.45) is 0 Å². The number of hydrogen-bond donors (Lipinski definition) is 2. The first kappa shape index (κ1) is 13.7. The average molecular weight is 258 g/mol. The molecule has 0 aliphatic heterocycles. The van der Waals surface area contributed by atoms with Crippen LogP contribution in [0.25, 0.3) is 0 Å². The van der Waals surface area contributed by atoms with Crippen molar-refractivity contribution in [3.8, 4) is 0 Å². The zero-order chi connectivity index (χ0) is 13.0. The highest BCUT2D eigenvalue weighted by Crippen LogP contribution is 2.27. The van der Waals surface area contributed by atoms with E-state index < -0.39 is 5.97 Å². The molecule has 3 N–H and O–H groups in total. The molecule has 0 aliphatic carbocycles. The first-order valence-electron chi connectivity index (χ1n) is 5.21. The van der Waals surface area contributed by atoms with Gasteiger partial charge in [-0.1, -0.05) is 0 Å². The third-order valence-corrected chi connectivity index (χ3v) is 3.37. The summed E-state index contributed by atoms with van der Waals surface area (Å²) in [6.07, 6.45) is 0. The lowest BCUT2D eigenvalue weighted by molar-refractivity contribution is 0.0603. The molecule has 6 nitrogen and oxygen atoms in total. The van der Waals surface area contributed by atoms with Crippen molar-refractivity contribution in [1.82, 2.24) is 9.27 Å². The summed E-state index contributed by atoms with van der Waals surface area (Å²) < 4.78 is 8.62. The van der Waals surface area contributed by atoms with Crippen molar-refractivity contribution in [2.45, 2.75) is 13.0 Å². The Bertz CT molecular complexity index is 392. The zero-order valence-electron chi connectivity index (χ0n) is 10.5. The van der Waals surface area contributed by atoms with Gasteiger partial charge >= 0.3 is 5.97 Å². The first-order valence-corrected chi connectivity index (χ1v) is 5.98. The van der Waals surface area contributed by atoms with Crippen LogP contribution in [0.4, 0.5) is 10.8 Å². The number of esters is 1. The second-order valence-electron chi connectivity index (χ2n) is 3.96. The summed E-state index contributed by atoms with van der Waals surface area (Å²) >= 11 is 1.17. The molecule has 17 heavy (non-hydrogen) atoms. The number of anilines is 2. The number of carbonyl (C=O) groups is 1. The Labute approximate surface area is 105 Å². The predicted molar refractivity (Wildman–Crippen MR) is 69.5 cm³/mol. The molecule has 7 heteroatoms. The van der Waals surface area contributed by atoms with Crippen LogP contribution in [0.1, 0.15) is 17.3 Å². The van der Waals surface area contributed by atoms with E-state index >= 15 is 0 Å². The molecule has 0 saturated heterocycles. The number of nitrogens with one attached hydrogen (secondary N) is 1. The van der Waals surface area contributed by atoms with Crippen LogP contribution in [0.5, 0.6) is 0 Å². The molecule has 0 aromatic carbocycles. The molecule has 0 aliphatic rings. The largest absolute Gasteiger partial charge is 0.465 e. The molecule has 96 valence electrons. The maximum Gasteiger partial charge on any atom is 0.344 e. The van der Waals surface area contributed by atoms with Gasteiger partial charge in [0.05, 0.1) is 7.11 Å². The van der Waals surface area contributed by atoms with Crippen LogP contribution in [-0.2, 0) is 4.74 Å². The molecule has 0 saturated carbocycles. The van der Waals surface area contributed by atoms with E-state index in [1.54, 1.807) is 0 Å². The van der Waals surface area contributed by atoms with E-state index in [0.717, 1.165) is 0 Å². The minimum absolute atomic E-state index is 0.210. The Hall–Kier alpha value is -1.34. The molecule has 0 bridgehead atoms. The van der Waals surface area contributed by atoms with Crippen molar-refractivity contribution >= 4 is 28.3 Å². The van der Waals surface area contributed by atoms with Crippen LogP contribution in [-0.4, -0.2) is 49.0 Å². The van der Waals surface area contributed by atoms with E-state index in [-0.39, 0.29) is 5.82 Å². The number of nitrogen functional groups attached to an aromatic ring is 1. The van der Waals surface area contributed by atoms with Crippen molar-refractivity contribution in [3.63, 3.8) is 0 Å². The monoisotopic (exact) mass is 258 g/mol. The summed E-state index contributed by atoms with van der Waals surface area (Å²) in [5, 5.41) is 3.82. The second-order valence-corrected chi connectivity index (χ2v) is 4.73. The molecule has 1 heterocycles. The lowest BCUT2D eigenvalue weighted by atomic mass is 10.3. The highest BCUT2D eigenvalue weighted by molar-refractivity contribution is 7.11. The number of methoxy groups -OCH3 is 1. The van der Waals surface area contributed by atoms with Crippen molar-refractivity contribution in [2.75, 3.05) is 38.8 Å². The van der Waals surface area contributed by atoms with Crippen LogP contribution in [0, 0.1) is 0 Å². The van der Waals surface area contributed by atoms with Gasteiger partial charge in [-0.25, -0.2) is 4.79 Å². The Balaban J connectivity index is 2.75. The maximum absolute atomic E-state index is 11.5. The van der Waals surface area contributed by atoms with Gasteiger partial charge in [0, 0.05) is 12.6 Å². The van der Waals surface area contributed by atoms with Crippen molar-refractivity contribution < 1.29 is 9.53 Å². The summed E-state index contributed by atoms with van der Waals surface area (Å²) in [4.78, 5) is 13.6. The standard InChI is InChI=1S/C10H18N4O2S/c1-6(14(2)3)5-12-9-7(10(15)16-4)8(11)13-17-9/h6,12H,5H2,1-4H3,(H2,11,13). The van der Waals surface area contributed by atoms with Gasteiger partial charge < -0.3 is 20.7 Å². The van der Waals surface area contributed by atoms with Gasteiger partial charge in [0.1, 0.15) is 10.6 Å². The number of hydrogen-bond acceptors (Lipinski definition) is 7. The third-order valence-electron chi connectivity index (χ3n) is 2.55. The fourth-order valence-electron chi connectivity index (χ4n) is 1.15. The molecule has 1 aromatic heterocycles. The molecule has 1 rings (SSSR count). The van der Waals surface area contributed by atoms with E-state index in [1.807, 2.05) is 14.1 Å². The minimum atomic E-state index is -0.462. The normalized spacial score (nSPS) is 12.5. The number of carbonyl (C=O) groups excluding carboxylic acids is 1. The van der Waals surface area contributed by atoms with Gasteiger partial charge in [0.2, 0.25) is 0 Å². The molecule has 1 unspecified atom stereocenters. The number of ether oxygens (including phenoxy) is 1. The van der Waals surface area contributed by atoms with Gasteiger partial charge in [-0.3, -0.25) is 0 Å². The SMILES string of the molecule is COC(=O)c1c(N)nsc1NCC(C)N(C)C. The number of nitrogens with zero attached hydrogens (tertiary/aromatic N) is 2. The summed E-state index contributed by atoms with van der Waals surface area (Å²) in [7, 11) is 5.31. The molecule has 0 spiro atoms. The van der Waals surface area contributed by atoms with E-state index in [9.17, 15) is 4.79 Å². The average Bonchev–Trinajstić information content (AvgIpc) is 2.66. The predicted octanol–water partition coefficient (Wildman–Crippen LogP) is 0.874. The van der Waals surface area contributed by atoms with Gasteiger partial charge in [-0.15, -0.1) is 0 Å². The molecular formula is C10H18N4O2S. The lowest BCUT2D eigenvalue weighted by Gasteiger charge is -2.20. The smallest absolute Gasteiger partial charge is 0.344 e. The number of aromatic nitrogens is 1. The van der Waals surface area contributed by atoms with E-state index in [2.05, 4.69) is 26.3 Å². The van der Waals surface area contributed by atoms with Crippen LogP contribution in [0.3, 0.4) is 0 Å². The van der Waals surface area contributed by atoms with Crippen molar-refractivity contribution in [1.29, 1.82) is 0 Å². The fourth-order valence-corrected chi connectivity index (χ4v) is 1.85. The van der Waals surface area contributed by atoms with E-state index in [0.29, 0.717) is 23.2 Å². The quantitative estimate of drug-likeness (QED) is 0.763. The van der Waals surface area contributed by atoms with Crippen LogP contribution in [0.2, 0.25) is 0 Å². The number of likely N-dealkylation sites (N-methyl/N-ethyl adjacent to an activating group) is 1. The van der Waals surface area contributed by atoms with E-state index in [4.69, 9.17) is 5.73 Å². The third kappa shape index (κ3) is 3.31. The summed E-state index contributed by atoms with van der Waals surface area (Å²) in [5.74, 6) is -0.252. The first-order chi connectivity index (χ1) is 7.97. The zero-order valence-corrected chi connectivity index (χ0v) is 11.3. The molecule has 1 atom stereocenters. The van der Waals surface area contributed by atoms with E-state index in [1.165, 1.54) is 18.6 Å². The minimum Gasteiger partial charge on any atom is -0.465 e. The Morgan fingerprint density at radius 3 is 2.82 bits per heavy atom. The topological polar surface area (TPSA) is 80.5 Å². The Kier molecular flexibility index (Phi) is 4.71. The van der Waals surface area contributed by atoms with Crippen LogP contribution < -0.4 is 11.1 Å². The summed E-state index contributed by atoms with van der Waals surface area (Å²) in [6, 6.07) is 0.337. The molecule has 0 amide bonds. The maximum atomic E-state index is 11.5. The molecule has 0 radical (unpaired) electrons. The highest BCUT2D eigenvalue weighted by Gasteiger charge is 2.20. The van der Waals surface area contributed by atoms with Gasteiger partial charge in [-0.05, 0) is 32.6 Å². The van der Waals surface area contributed by atoms with Gasteiger partial charge in [0.25, 0.3) is 0 Å². The van der Waals surface area contributed by atoms with Crippen LogP contribution >= 0.6 is 11.5 Å². The molecule has 0 fully saturated rings. The Morgan fingerprint density at radius 1 is 1.65 bits per heavy atom. The number of nitrogens with two attached hydrogens (primary N) is 1. The number of rotatable bonds is 5.